The zero-order valence-corrected chi connectivity index (χ0v) is 29.5. The van der Waals surface area contributed by atoms with Crippen molar-refractivity contribution in [1.29, 1.82) is 0 Å². The van der Waals surface area contributed by atoms with Gasteiger partial charge >= 0.3 is 0 Å². The maximum absolute atomic E-state index is 6.72. The molecule has 0 bridgehead atoms. The topological polar surface area (TPSA) is 16.4 Å². The number of hydrogen-bond donors (Lipinski definition) is 0. The van der Waals surface area contributed by atoms with Gasteiger partial charge in [0.25, 0.3) is 0 Å². The van der Waals surface area contributed by atoms with Gasteiger partial charge in [0.15, 0.2) is 5.58 Å². The van der Waals surface area contributed by atoms with E-state index in [-0.39, 0.29) is 0 Å². The molecule has 0 aliphatic rings. The summed E-state index contributed by atoms with van der Waals surface area (Å²) in [5.41, 5.74) is 9.80. The van der Waals surface area contributed by atoms with Crippen molar-refractivity contribution in [3.05, 3.63) is 188 Å². The summed E-state index contributed by atoms with van der Waals surface area (Å²) in [5, 5.41) is 9.69. The Morgan fingerprint density at radius 2 is 1.04 bits per heavy atom. The van der Waals surface area contributed by atoms with E-state index >= 15 is 0 Å². The summed E-state index contributed by atoms with van der Waals surface area (Å²) in [6.07, 6.45) is 0. The van der Waals surface area contributed by atoms with Gasteiger partial charge in [0, 0.05) is 36.6 Å². The van der Waals surface area contributed by atoms with Crippen LogP contribution in [0.15, 0.2) is 192 Å². The third-order valence-corrected chi connectivity index (χ3v) is 11.8. The quantitative estimate of drug-likeness (QED) is 0.178. The lowest BCUT2D eigenvalue weighted by Gasteiger charge is -2.27. The Bertz CT molecular complexity index is 3190. The summed E-state index contributed by atoms with van der Waals surface area (Å²) in [6, 6.07) is 68.0. The second-order valence-corrected chi connectivity index (χ2v) is 14.7. The minimum absolute atomic E-state index is 0.874. The zero-order chi connectivity index (χ0) is 34.9. The fourth-order valence-corrected chi connectivity index (χ4v) is 9.33. The Labute approximate surface area is 310 Å². The highest BCUT2D eigenvalue weighted by atomic mass is 32.1. The molecule has 53 heavy (non-hydrogen) atoms. The third kappa shape index (κ3) is 4.86. The molecular formula is C50H31NOS. The van der Waals surface area contributed by atoms with Gasteiger partial charge in [-0.15, -0.1) is 11.3 Å². The lowest BCUT2D eigenvalue weighted by Crippen LogP contribution is -2.10. The van der Waals surface area contributed by atoms with E-state index in [4.69, 9.17) is 4.42 Å². The van der Waals surface area contributed by atoms with Gasteiger partial charge in [0.1, 0.15) is 5.58 Å². The number of hydrogen-bond acceptors (Lipinski definition) is 3. The van der Waals surface area contributed by atoms with Gasteiger partial charge in [-0.25, -0.2) is 0 Å². The fraction of sp³-hybridized carbons (Fsp3) is 0. The van der Waals surface area contributed by atoms with E-state index in [1.165, 1.54) is 64.0 Å². The molecule has 0 N–H and O–H groups in total. The Morgan fingerprint density at radius 1 is 0.415 bits per heavy atom. The van der Waals surface area contributed by atoms with Gasteiger partial charge in [-0.05, 0) is 92.3 Å². The molecule has 0 atom stereocenters. The van der Waals surface area contributed by atoms with Crippen LogP contribution in [0.4, 0.5) is 17.1 Å². The largest absolute Gasteiger partial charge is 0.454 e. The number of fused-ring (bicyclic) bond motifs is 8. The second-order valence-electron chi connectivity index (χ2n) is 13.7. The molecule has 2 nitrogen and oxygen atoms in total. The van der Waals surface area contributed by atoms with Gasteiger partial charge in [0.2, 0.25) is 0 Å². The van der Waals surface area contributed by atoms with Crippen LogP contribution in [-0.2, 0) is 0 Å². The van der Waals surface area contributed by atoms with Crippen molar-refractivity contribution in [3.63, 3.8) is 0 Å². The molecule has 0 fully saturated rings. The Morgan fingerprint density at radius 3 is 1.83 bits per heavy atom. The highest BCUT2D eigenvalue weighted by Crippen LogP contribution is 2.50. The Balaban J connectivity index is 1.16. The number of furan rings is 1. The number of nitrogens with zero attached hydrogens (tertiary/aromatic N) is 1. The normalized spacial score (nSPS) is 11.8. The maximum Gasteiger partial charge on any atom is 0.159 e. The molecule has 0 spiro atoms. The number of benzene rings is 9. The average Bonchev–Trinajstić information content (AvgIpc) is 3.81. The summed E-state index contributed by atoms with van der Waals surface area (Å²) >= 11 is 1.87. The zero-order valence-electron chi connectivity index (χ0n) is 28.7. The summed E-state index contributed by atoms with van der Waals surface area (Å²) in [7, 11) is 0. The maximum atomic E-state index is 6.72. The molecule has 0 aliphatic heterocycles. The van der Waals surface area contributed by atoms with E-state index in [0.717, 1.165) is 39.0 Å². The molecule has 3 heteroatoms. The number of thiophene rings is 1. The molecule has 9 aromatic carbocycles. The van der Waals surface area contributed by atoms with Crippen molar-refractivity contribution < 1.29 is 4.42 Å². The molecule has 11 aromatic rings. The fourth-order valence-electron chi connectivity index (χ4n) is 8.07. The Hall–Kier alpha value is -6.68. The first-order chi connectivity index (χ1) is 26.3. The van der Waals surface area contributed by atoms with Crippen LogP contribution < -0.4 is 4.90 Å². The molecule has 0 aliphatic carbocycles. The molecule has 0 saturated heterocycles. The molecule has 248 valence electrons. The van der Waals surface area contributed by atoms with E-state index in [1.54, 1.807) is 0 Å². The number of rotatable bonds is 5. The molecular weight excluding hydrogens is 663 g/mol. The van der Waals surface area contributed by atoms with Crippen molar-refractivity contribution in [2.45, 2.75) is 0 Å². The van der Waals surface area contributed by atoms with Crippen molar-refractivity contribution in [3.8, 4) is 22.3 Å². The molecule has 0 radical (unpaired) electrons. The van der Waals surface area contributed by atoms with Crippen molar-refractivity contribution in [2.75, 3.05) is 4.90 Å². The first-order valence-corrected chi connectivity index (χ1v) is 18.8. The summed E-state index contributed by atoms with van der Waals surface area (Å²) in [5.74, 6) is 0. The predicted octanol–water partition coefficient (Wildman–Crippen LogP) is 15.1. The van der Waals surface area contributed by atoms with E-state index in [1.807, 2.05) is 17.4 Å². The van der Waals surface area contributed by atoms with Crippen LogP contribution in [-0.4, -0.2) is 0 Å². The minimum atomic E-state index is 0.874. The molecule has 11 rings (SSSR count). The molecule has 0 amide bonds. The van der Waals surface area contributed by atoms with Gasteiger partial charge in [0.05, 0.1) is 11.4 Å². The smallest absolute Gasteiger partial charge is 0.159 e. The number of anilines is 3. The van der Waals surface area contributed by atoms with Crippen LogP contribution in [0.1, 0.15) is 0 Å². The monoisotopic (exact) mass is 693 g/mol. The Kier molecular flexibility index (Phi) is 6.76. The van der Waals surface area contributed by atoms with E-state index in [9.17, 15) is 0 Å². The van der Waals surface area contributed by atoms with E-state index < -0.39 is 0 Å². The van der Waals surface area contributed by atoms with Gasteiger partial charge in [-0.2, -0.15) is 0 Å². The lowest BCUT2D eigenvalue weighted by molar-refractivity contribution is 0.669. The van der Waals surface area contributed by atoms with Gasteiger partial charge < -0.3 is 9.32 Å². The average molecular weight is 694 g/mol. The van der Waals surface area contributed by atoms with Crippen LogP contribution >= 0.6 is 11.3 Å². The highest BCUT2D eigenvalue weighted by Gasteiger charge is 2.24. The van der Waals surface area contributed by atoms with E-state index in [2.05, 4.69) is 187 Å². The first-order valence-electron chi connectivity index (χ1n) is 18.0. The van der Waals surface area contributed by atoms with Gasteiger partial charge in [-0.3, -0.25) is 0 Å². The van der Waals surface area contributed by atoms with Crippen LogP contribution in [0.3, 0.4) is 0 Å². The SMILES string of the molecule is c1ccc2cc(-c3ccc(N(c4cccc5c4oc4ccccc45)c4ccc(-c5ccc6ccccc6c5)c5sc6ccccc6c45)cc3)ccc2c1. The molecule has 0 unspecified atom stereocenters. The summed E-state index contributed by atoms with van der Waals surface area (Å²) in [4.78, 5) is 2.40. The van der Waals surface area contributed by atoms with Gasteiger partial charge in [-0.1, -0.05) is 140 Å². The first kappa shape index (κ1) is 30.0. The highest BCUT2D eigenvalue weighted by molar-refractivity contribution is 7.26. The molecule has 2 aromatic heterocycles. The summed E-state index contributed by atoms with van der Waals surface area (Å²) in [6.45, 7) is 0. The molecule has 0 saturated carbocycles. The lowest BCUT2D eigenvalue weighted by atomic mass is 9.97. The van der Waals surface area contributed by atoms with Crippen LogP contribution in [0.5, 0.6) is 0 Å². The van der Waals surface area contributed by atoms with Crippen LogP contribution in [0.2, 0.25) is 0 Å². The molecule has 2 heterocycles. The van der Waals surface area contributed by atoms with E-state index in [0.29, 0.717) is 0 Å². The second kappa shape index (κ2) is 11.9. The minimum Gasteiger partial charge on any atom is -0.454 e. The van der Waals surface area contributed by atoms with Crippen LogP contribution in [0.25, 0.3) is 85.9 Å². The third-order valence-electron chi connectivity index (χ3n) is 10.6. The number of para-hydroxylation sites is 2. The standard InChI is InChI=1S/C50H31NOS/c1-3-12-35-30-37(22-20-32(35)10-1)34-24-26-39(27-25-34)51(45-17-9-16-42-41-14-5-7-18-46(41)52-49(42)45)44-29-28-40(38-23-21-33-11-2-4-13-36(33)31-38)50-48(44)43-15-6-8-19-47(43)53-50/h1-31H. The van der Waals surface area contributed by atoms with Crippen molar-refractivity contribution in [1.82, 2.24) is 0 Å². The van der Waals surface area contributed by atoms with Crippen molar-refractivity contribution >= 4 is 92.1 Å². The van der Waals surface area contributed by atoms with Crippen molar-refractivity contribution in [2.24, 2.45) is 0 Å². The predicted molar refractivity (Wildman–Crippen MR) is 227 cm³/mol. The van der Waals surface area contributed by atoms with Crippen LogP contribution in [0, 0.1) is 0 Å². The summed E-state index contributed by atoms with van der Waals surface area (Å²) < 4.78 is 9.26.